The van der Waals surface area contributed by atoms with Gasteiger partial charge in [-0.2, -0.15) is 11.8 Å². The third-order valence-electron chi connectivity index (χ3n) is 8.75. The van der Waals surface area contributed by atoms with Gasteiger partial charge in [-0.15, -0.1) is 0 Å². The summed E-state index contributed by atoms with van der Waals surface area (Å²) < 4.78 is 44.2. The number of carbonyl (C=O) groups excluding carboxylic acids is 2. The molecule has 1 aliphatic carbocycles. The second-order valence-electron chi connectivity index (χ2n) is 11.7. The topological polar surface area (TPSA) is 152 Å². The van der Waals surface area contributed by atoms with E-state index >= 15 is 0 Å². The average Bonchev–Trinajstić information content (AvgIpc) is 3.30. The predicted octanol–water partition coefficient (Wildman–Crippen LogP) is 3.18. The molecule has 14 heteroatoms. The Morgan fingerprint density at radius 2 is 1.77 bits per heavy atom. The van der Waals surface area contributed by atoms with Crippen molar-refractivity contribution >= 4 is 39.3 Å². The van der Waals surface area contributed by atoms with Crippen molar-refractivity contribution in [3.63, 3.8) is 0 Å². The lowest BCUT2D eigenvalue weighted by Gasteiger charge is -2.26. The Hall–Kier alpha value is -3.49. The molecular formula is C33H46N4O8S2. The highest BCUT2D eigenvalue weighted by atomic mass is 32.2. The van der Waals surface area contributed by atoms with E-state index in [2.05, 4.69) is 16.0 Å². The molecule has 0 aromatic heterocycles. The van der Waals surface area contributed by atoms with Crippen molar-refractivity contribution in [2.75, 3.05) is 63.5 Å². The number of sulfonamides is 1. The van der Waals surface area contributed by atoms with Gasteiger partial charge in [0.15, 0.2) is 11.5 Å². The molecule has 2 aromatic carbocycles. The van der Waals surface area contributed by atoms with Crippen molar-refractivity contribution < 1.29 is 32.2 Å². The van der Waals surface area contributed by atoms with Gasteiger partial charge in [-0.05, 0) is 53.6 Å². The fraction of sp³-hybridized carbons (Fsp3) is 0.545. The molecule has 0 spiro atoms. The summed E-state index contributed by atoms with van der Waals surface area (Å²) in [6.45, 7) is 6.18. The summed E-state index contributed by atoms with van der Waals surface area (Å²) in [7, 11) is 1.11. The van der Waals surface area contributed by atoms with Crippen LogP contribution in [-0.4, -0.2) is 88.8 Å². The molecule has 1 aliphatic heterocycles. The standard InChI is InChI=1S/C33H46N4O8S2/c1-7-20(2)30(33(40)34-12-17-47(41,42)37-13-15-46-16-14-37)36-26-11-9-23-24(19-27(26)39)25(35-21(3)38)10-8-22-18-28(43-4)31(44-5)32(45-6)29(22)23/h9,11,18-20,25,30H,7-8,10,12-17H2,1-6H3,(H,34,40)(H,35,38)(H,36,39)/t20-,25+,30+/m0/s1. The van der Waals surface area contributed by atoms with E-state index in [1.807, 2.05) is 19.9 Å². The molecule has 258 valence electrons. The molecule has 3 atom stereocenters. The molecule has 4 rings (SSSR count). The molecule has 0 unspecified atom stereocenters. The van der Waals surface area contributed by atoms with Crippen LogP contribution in [0.4, 0.5) is 5.69 Å². The first-order chi connectivity index (χ1) is 22.4. The number of benzene rings is 1. The fourth-order valence-corrected chi connectivity index (χ4v) is 8.55. The van der Waals surface area contributed by atoms with E-state index in [1.54, 1.807) is 31.0 Å². The van der Waals surface area contributed by atoms with E-state index in [0.29, 0.717) is 60.7 Å². The minimum Gasteiger partial charge on any atom is -0.493 e. The van der Waals surface area contributed by atoms with E-state index in [0.717, 1.165) is 22.6 Å². The number of ether oxygens (including phenoxy) is 3. The number of fused-ring (bicyclic) bond motifs is 3. The van der Waals surface area contributed by atoms with Crippen LogP contribution in [0.2, 0.25) is 0 Å². The zero-order valence-electron chi connectivity index (χ0n) is 27.9. The third-order valence-corrected chi connectivity index (χ3v) is 11.6. The first kappa shape index (κ1) is 36.3. The van der Waals surface area contributed by atoms with Crippen molar-refractivity contribution in [3.8, 4) is 28.4 Å². The molecule has 1 fully saturated rings. The van der Waals surface area contributed by atoms with Gasteiger partial charge in [0.25, 0.3) is 0 Å². The highest BCUT2D eigenvalue weighted by Gasteiger charge is 2.31. The summed E-state index contributed by atoms with van der Waals surface area (Å²) in [4.78, 5) is 39.6. The van der Waals surface area contributed by atoms with E-state index in [4.69, 9.17) is 14.2 Å². The Balaban J connectivity index is 1.71. The van der Waals surface area contributed by atoms with Gasteiger partial charge in [0, 0.05) is 43.6 Å². The molecule has 2 aliphatic rings. The van der Waals surface area contributed by atoms with Crippen LogP contribution in [0.5, 0.6) is 17.2 Å². The van der Waals surface area contributed by atoms with Crippen LogP contribution in [-0.2, 0) is 26.0 Å². The number of rotatable bonds is 13. The van der Waals surface area contributed by atoms with Gasteiger partial charge >= 0.3 is 0 Å². The molecule has 0 bridgehead atoms. The van der Waals surface area contributed by atoms with Crippen molar-refractivity contribution in [3.05, 3.63) is 45.6 Å². The number of nitrogens with zero attached hydrogens (tertiary/aromatic N) is 1. The second-order valence-corrected chi connectivity index (χ2v) is 15.0. The van der Waals surface area contributed by atoms with Crippen molar-refractivity contribution in [2.45, 2.75) is 52.1 Å². The maximum Gasteiger partial charge on any atom is 0.242 e. The highest BCUT2D eigenvalue weighted by molar-refractivity contribution is 7.99. The summed E-state index contributed by atoms with van der Waals surface area (Å²) >= 11 is 1.72. The van der Waals surface area contributed by atoms with E-state index in [9.17, 15) is 22.8 Å². The molecule has 0 radical (unpaired) electrons. The van der Waals surface area contributed by atoms with Gasteiger partial charge in [-0.25, -0.2) is 12.7 Å². The lowest BCUT2D eigenvalue weighted by Crippen LogP contribution is -2.47. The number of aryl methyl sites for hydroxylation is 1. The Labute approximate surface area is 281 Å². The number of hydrogen-bond donors (Lipinski definition) is 3. The zero-order valence-corrected chi connectivity index (χ0v) is 29.6. The number of anilines is 1. The van der Waals surface area contributed by atoms with Gasteiger partial charge in [0.2, 0.25) is 33.0 Å². The minimum atomic E-state index is -3.49. The largest absolute Gasteiger partial charge is 0.493 e. The quantitative estimate of drug-likeness (QED) is 0.286. The summed E-state index contributed by atoms with van der Waals surface area (Å²) in [5.41, 5.74) is 2.73. The number of carbonyl (C=O) groups is 2. The van der Waals surface area contributed by atoms with Crippen molar-refractivity contribution in [2.24, 2.45) is 5.92 Å². The van der Waals surface area contributed by atoms with Gasteiger partial charge in [-0.3, -0.25) is 14.4 Å². The van der Waals surface area contributed by atoms with E-state index < -0.39 is 28.0 Å². The summed E-state index contributed by atoms with van der Waals surface area (Å²) in [5.74, 6) is 1.85. The number of amides is 2. The minimum absolute atomic E-state index is 0.0409. The molecule has 2 amide bonds. The highest BCUT2D eigenvalue weighted by Crippen LogP contribution is 2.50. The maximum absolute atomic E-state index is 13.8. The van der Waals surface area contributed by atoms with E-state index in [-0.39, 0.29) is 35.2 Å². The van der Waals surface area contributed by atoms with Gasteiger partial charge in [-0.1, -0.05) is 26.3 Å². The van der Waals surface area contributed by atoms with Gasteiger partial charge in [0.1, 0.15) is 6.04 Å². The zero-order chi connectivity index (χ0) is 34.3. The molecule has 47 heavy (non-hydrogen) atoms. The van der Waals surface area contributed by atoms with Gasteiger partial charge in [0.05, 0.1) is 38.8 Å². The van der Waals surface area contributed by atoms with Crippen LogP contribution in [0.1, 0.15) is 50.8 Å². The van der Waals surface area contributed by atoms with Crippen LogP contribution in [0.15, 0.2) is 29.1 Å². The summed E-state index contributed by atoms with van der Waals surface area (Å²) in [6.07, 6.45) is 1.72. The average molecular weight is 691 g/mol. The Morgan fingerprint density at radius 1 is 1.06 bits per heavy atom. The summed E-state index contributed by atoms with van der Waals surface area (Å²) in [5, 5.41) is 8.94. The molecule has 1 saturated heterocycles. The molecular weight excluding hydrogens is 645 g/mol. The van der Waals surface area contributed by atoms with Gasteiger partial charge < -0.3 is 30.2 Å². The first-order valence-corrected chi connectivity index (χ1v) is 18.6. The molecule has 3 N–H and O–H groups in total. The van der Waals surface area contributed by atoms with Crippen LogP contribution < -0.4 is 35.6 Å². The first-order valence-electron chi connectivity index (χ1n) is 15.8. The second kappa shape index (κ2) is 16.1. The van der Waals surface area contributed by atoms with Crippen LogP contribution >= 0.6 is 11.8 Å². The smallest absolute Gasteiger partial charge is 0.242 e. The summed E-state index contributed by atoms with van der Waals surface area (Å²) in [6, 6.07) is 5.54. The normalized spacial score (nSPS) is 17.6. The monoisotopic (exact) mass is 690 g/mol. The molecule has 0 saturated carbocycles. The maximum atomic E-state index is 13.8. The SMILES string of the molecule is CC[C@H](C)[C@@H](Nc1ccc2c(cc1=O)[C@H](NC(C)=O)CCc1cc(OC)c(OC)c(OC)c1-2)C(=O)NCCS(=O)(=O)N1CCSCC1. The third kappa shape index (κ3) is 8.33. The Kier molecular flexibility index (Phi) is 12.4. The molecule has 2 aromatic rings. The number of methoxy groups -OCH3 is 3. The molecule has 12 nitrogen and oxygen atoms in total. The Morgan fingerprint density at radius 3 is 2.38 bits per heavy atom. The van der Waals surface area contributed by atoms with E-state index in [1.165, 1.54) is 31.5 Å². The fourth-order valence-electron chi connectivity index (χ4n) is 6.06. The number of hydrogen-bond acceptors (Lipinski definition) is 10. The van der Waals surface area contributed by atoms with Crippen LogP contribution in [0, 0.1) is 5.92 Å². The van der Waals surface area contributed by atoms with Crippen LogP contribution in [0.25, 0.3) is 11.1 Å². The van der Waals surface area contributed by atoms with Crippen molar-refractivity contribution in [1.82, 2.24) is 14.9 Å². The number of nitrogens with one attached hydrogen (secondary N) is 3. The Bertz CT molecular complexity index is 1630. The lowest BCUT2D eigenvalue weighted by atomic mass is 9.95. The number of thioether (sulfide) groups is 1. The predicted molar refractivity (Wildman–Crippen MR) is 185 cm³/mol. The van der Waals surface area contributed by atoms with Crippen molar-refractivity contribution in [1.29, 1.82) is 0 Å². The lowest BCUT2D eigenvalue weighted by molar-refractivity contribution is -0.122. The van der Waals surface area contributed by atoms with Crippen LogP contribution in [0.3, 0.4) is 0 Å². The molecule has 1 heterocycles.